The zero-order chi connectivity index (χ0) is 18.4. The topological polar surface area (TPSA) is 75.4 Å². The van der Waals surface area contributed by atoms with E-state index in [-0.39, 0.29) is 12.5 Å². The summed E-state index contributed by atoms with van der Waals surface area (Å²) in [7, 11) is 0. The average molecular weight is 350 g/mol. The van der Waals surface area contributed by atoms with Gasteiger partial charge in [-0.15, -0.1) is 0 Å². The van der Waals surface area contributed by atoms with Gasteiger partial charge >= 0.3 is 0 Å². The predicted octanol–water partition coefficient (Wildman–Crippen LogP) is 2.43. The van der Waals surface area contributed by atoms with Crippen LogP contribution < -0.4 is 10.3 Å². The molecular formula is C19H22N6O. The zero-order valence-corrected chi connectivity index (χ0v) is 15.0. The number of aromatic nitrogens is 3. The van der Waals surface area contributed by atoms with E-state index < -0.39 is 0 Å². The molecule has 0 radical (unpaired) electrons. The van der Waals surface area contributed by atoms with Crippen LogP contribution in [0.15, 0.2) is 53.6 Å². The average Bonchev–Trinajstić information content (AvgIpc) is 3.06. The molecule has 0 unspecified atom stereocenters. The number of carbonyl (C=O) groups excluding carboxylic acids is 1. The van der Waals surface area contributed by atoms with E-state index in [1.165, 1.54) is 10.5 Å². The van der Waals surface area contributed by atoms with Crippen molar-refractivity contribution in [3.63, 3.8) is 0 Å². The molecule has 0 spiro atoms. The quantitative estimate of drug-likeness (QED) is 0.524. The number of hydrazone groups is 1. The molecule has 0 aliphatic rings. The normalized spacial score (nSPS) is 11.2. The molecule has 7 heteroatoms. The predicted molar refractivity (Wildman–Crippen MR) is 103 cm³/mol. The van der Waals surface area contributed by atoms with Gasteiger partial charge in [0.2, 0.25) is 0 Å². The number of hydrogen-bond donors (Lipinski definition) is 1. The Labute approximate surface area is 152 Å². The molecule has 2 aromatic carbocycles. The van der Waals surface area contributed by atoms with Crippen molar-refractivity contribution in [3.8, 4) is 0 Å². The van der Waals surface area contributed by atoms with Crippen molar-refractivity contribution in [2.75, 3.05) is 18.0 Å². The number of rotatable bonds is 7. The Hall–Kier alpha value is -3.22. The molecule has 3 aromatic rings. The fraction of sp³-hybridized carbons (Fsp3) is 0.263. The molecule has 3 rings (SSSR count). The standard InChI is InChI=1S/C19H22N6O/c1-3-24(4-2)16-11-9-15(10-12-16)13-20-21-19(26)14-25-22-17-7-5-6-8-18(17)23-25/h5-13H,3-4,14H2,1-2H3,(H,21,26). The molecule has 0 saturated carbocycles. The van der Waals surface area contributed by atoms with E-state index in [1.54, 1.807) is 6.21 Å². The number of hydrogen-bond acceptors (Lipinski definition) is 5. The minimum Gasteiger partial charge on any atom is -0.372 e. The molecule has 0 saturated heterocycles. The SMILES string of the molecule is CCN(CC)c1ccc(C=NNC(=O)Cn2nc3ccccc3n2)cc1. The van der Waals surface area contributed by atoms with E-state index >= 15 is 0 Å². The van der Waals surface area contributed by atoms with Crippen LogP contribution in [0.4, 0.5) is 5.69 Å². The van der Waals surface area contributed by atoms with Gasteiger partial charge in [-0.3, -0.25) is 4.79 Å². The van der Waals surface area contributed by atoms with Crippen LogP contribution in [0.25, 0.3) is 11.0 Å². The van der Waals surface area contributed by atoms with Gasteiger partial charge in [-0.05, 0) is 43.7 Å². The number of benzene rings is 2. The second-order valence-electron chi connectivity index (χ2n) is 5.78. The smallest absolute Gasteiger partial charge is 0.263 e. The van der Waals surface area contributed by atoms with Crippen molar-refractivity contribution < 1.29 is 4.79 Å². The first kappa shape index (κ1) is 17.6. The molecule has 1 amide bonds. The Morgan fingerprint density at radius 3 is 2.27 bits per heavy atom. The highest BCUT2D eigenvalue weighted by Crippen LogP contribution is 2.14. The van der Waals surface area contributed by atoms with Gasteiger partial charge in [-0.1, -0.05) is 24.3 Å². The van der Waals surface area contributed by atoms with Crippen LogP contribution >= 0.6 is 0 Å². The van der Waals surface area contributed by atoms with Gasteiger partial charge in [-0.25, -0.2) is 5.43 Å². The van der Waals surface area contributed by atoms with Gasteiger partial charge in [0.15, 0.2) is 0 Å². The number of anilines is 1. The highest BCUT2D eigenvalue weighted by Gasteiger charge is 2.06. The zero-order valence-electron chi connectivity index (χ0n) is 15.0. The van der Waals surface area contributed by atoms with Gasteiger partial charge in [0, 0.05) is 18.8 Å². The van der Waals surface area contributed by atoms with E-state index in [0.29, 0.717) is 0 Å². The van der Waals surface area contributed by atoms with Crippen molar-refractivity contribution in [2.45, 2.75) is 20.4 Å². The van der Waals surface area contributed by atoms with Crippen LogP contribution in [-0.2, 0) is 11.3 Å². The van der Waals surface area contributed by atoms with Gasteiger partial charge in [0.05, 0.1) is 6.21 Å². The summed E-state index contributed by atoms with van der Waals surface area (Å²) in [4.78, 5) is 15.6. The summed E-state index contributed by atoms with van der Waals surface area (Å²) < 4.78 is 0. The van der Waals surface area contributed by atoms with E-state index in [0.717, 1.165) is 29.7 Å². The van der Waals surface area contributed by atoms with Crippen LogP contribution in [0.3, 0.4) is 0 Å². The summed E-state index contributed by atoms with van der Waals surface area (Å²) in [5.74, 6) is -0.277. The lowest BCUT2D eigenvalue weighted by molar-refractivity contribution is -0.122. The Kier molecular flexibility index (Phi) is 5.58. The fourth-order valence-electron chi connectivity index (χ4n) is 2.68. The number of fused-ring (bicyclic) bond motifs is 1. The Morgan fingerprint density at radius 2 is 1.69 bits per heavy atom. The minimum absolute atomic E-state index is 0.0208. The van der Waals surface area contributed by atoms with Crippen LogP contribution in [0, 0.1) is 0 Å². The van der Waals surface area contributed by atoms with Gasteiger partial charge in [0.1, 0.15) is 17.6 Å². The monoisotopic (exact) mass is 350 g/mol. The maximum atomic E-state index is 12.0. The highest BCUT2D eigenvalue weighted by atomic mass is 16.2. The molecule has 1 heterocycles. The van der Waals surface area contributed by atoms with Crippen LogP contribution in [0.2, 0.25) is 0 Å². The number of nitrogens with zero attached hydrogens (tertiary/aromatic N) is 5. The Morgan fingerprint density at radius 1 is 1.08 bits per heavy atom. The first-order valence-electron chi connectivity index (χ1n) is 8.66. The molecule has 0 aliphatic carbocycles. The molecule has 26 heavy (non-hydrogen) atoms. The van der Waals surface area contributed by atoms with E-state index in [4.69, 9.17) is 0 Å². The van der Waals surface area contributed by atoms with E-state index in [2.05, 4.69) is 51.6 Å². The highest BCUT2D eigenvalue weighted by molar-refractivity contribution is 5.83. The molecule has 7 nitrogen and oxygen atoms in total. The largest absolute Gasteiger partial charge is 0.372 e. The summed E-state index contributed by atoms with van der Waals surface area (Å²) in [5.41, 5.74) is 6.12. The maximum absolute atomic E-state index is 12.0. The van der Waals surface area contributed by atoms with Gasteiger partial charge < -0.3 is 4.90 Å². The molecule has 1 aromatic heterocycles. The molecule has 1 N–H and O–H groups in total. The first-order valence-corrected chi connectivity index (χ1v) is 8.66. The molecule has 0 atom stereocenters. The summed E-state index contributed by atoms with van der Waals surface area (Å²) in [6.45, 7) is 6.22. The van der Waals surface area contributed by atoms with Crippen molar-refractivity contribution in [1.82, 2.24) is 20.4 Å². The lowest BCUT2D eigenvalue weighted by Crippen LogP contribution is -2.24. The Balaban J connectivity index is 1.55. The lowest BCUT2D eigenvalue weighted by Gasteiger charge is -2.20. The summed E-state index contributed by atoms with van der Waals surface area (Å²) in [5, 5.41) is 12.5. The fourth-order valence-corrected chi connectivity index (χ4v) is 2.68. The molecule has 134 valence electrons. The van der Waals surface area contributed by atoms with E-state index in [1.807, 2.05) is 36.4 Å². The van der Waals surface area contributed by atoms with Crippen LogP contribution in [0.1, 0.15) is 19.4 Å². The molecule has 0 bridgehead atoms. The van der Waals surface area contributed by atoms with Crippen molar-refractivity contribution in [2.24, 2.45) is 5.10 Å². The Bertz CT molecular complexity index is 863. The van der Waals surface area contributed by atoms with Crippen molar-refractivity contribution in [3.05, 3.63) is 54.1 Å². The lowest BCUT2D eigenvalue weighted by atomic mass is 10.2. The molecule has 0 fully saturated rings. The number of amides is 1. The number of nitrogens with one attached hydrogen (secondary N) is 1. The van der Waals surface area contributed by atoms with Crippen LogP contribution in [0.5, 0.6) is 0 Å². The third kappa shape index (κ3) is 4.24. The molecule has 0 aliphatic heterocycles. The minimum atomic E-state index is -0.277. The molecular weight excluding hydrogens is 328 g/mol. The third-order valence-corrected chi connectivity index (χ3v) is 4.04. The second kappa shape index (κ2) is 8.24. The van der Waals surface area contributed by atoms with E-state index in [9.17, 15) is 4.79 Å². The third-order valence-electron chi connectivity index (χ3n) is 4.04. The summed E-state index contributed by atoms with van der Waals surface area (Å²) in [6, 6.07) is 15.5. The van der Waals surface area contributed by atoms with Crippen molar-refractivity contribution >= 4 is 28.8 Å². The van der Waals surface area contributed by atoms with Crippen LogP contribution in [-0.4, -0.2) is 40.2 Å². The second-order valence-corrected chi connectivity index (χ2v) is 5.78. The first-order chi connectivity index (χ1) is 12.7. The van der Waals surface area contributed by atoms with Gasteiger partial charge in [0.25, 0.3) is 5.91 Å². The summed E-state index contributed by atoms with van der Waals surface area (Å²) >= 11 is 0. The maximum Gasteiger partial charge on any atom is 0.263 e. The van der Waals surface area contributed by atoms with Crippen molar-refractivity contribution in [1.29, 1.82) is 0 Å². The summed E-state index contributed by atoms with van der Waals surface area (Å²) in [6.07, 6.45) is 1.62. The van der Waals surface area contributed by atoms with Gasteiger partial charge in [-0.2, -0.15) is 20.1 Å². The number of carbonyl (C=O) groups is 1.